The van der Waals surface area contributed by atoms with Crippen molar-refractivity contribution < 1.29 is 29.0 Å². The van der Waals surface area contributed by atoms with Gasteiger partial charge in [0.1, 0.15) is 5.92 Å². The fourth-order valence-electron chi connectivity index (χ4n) is 2.22. The predicted molar refractivity (Wildman–Crippen MR) is 99.6 cm³/mol. The van der Waals surface area contributed by atoms with E-state index in [0.29, 0.717) is 0 Å². The minimum absolute atomic E-state index is 0.114. The van der Waals surface area contributed by atoms with Crippen LogP contribution in [0.25, 0.3) is 0 Å². The Bertz CT molecular complexity index is 481. The fraction of sp³-hybridized carbons (Fsp3) is 0.650. The molecule has 0 aliphatic rings. The molecule has 0 spiro atoms. The Morgan fingerprint density at radius 2 is 1.46 bits per heavy atom. The van der Waals surface area contributed by atoms with Crippen molar-refractivity contribution >= 4 is 17.9 Å². The van der Waals surface area contributed by atoms with Crippen molar-refractivity contribution in [1.29, 1.82) is 0 Å². The smallest absolute Gasteiger partial charge is 0.334 e. The minimum atomic E-state index is -1.22. The lowest BCUT2D eigenvalue weighted by molar-refractivity contribution is -0.149. The summed E-state index contributed by atoms with van der Waals surface area (Å²) < 4.78 is 10.3. The van der Waals surface area contributed by atoms with Crippen LogP contribution in [0.4, 0.5) is 0 Å². The van der Waals surface area contributed by atoms with Gasteiger partial charge in [0, 0.05) is 11.6 Å². The van der Waals surface area contributed by atoms with E-state index in [4.69, 9.17) is 14.6 Å². The number of aliphatic carboxylic acids is 1. The van der Waals surface area contributed by atoms with Crippen LogP contribution in [0.1, 0.15) is 65.2 Å². The van der Waals surface area contributed by atoms with E-state index in [9.17, 15) is 14.4 Å². The first-order valence-electron chi connectivity index (χ1n) is 9.37. The molecule has 0 saturated carbocycles. The quantitative estimate of drug-likeness (QED) is 0.266. The lowest BCUT2D eigenvalue weighted by atomic mass is 10.00. The molecule has 1 N–H and O–H groups in total. The molecule has 0 bridgehead atoms. The zero-order valence-electron chi connectivity index (χ0n) is 16.0. The maximum Gasteiger partial charge on any atom is 0.334 e. The Kier molecular flexibility index (Phi) is 13.9. The van der Waals surface area contributed by atoms with Crippen LogP contribution in [0.2, 0.25) is 0 Å². The average Bonchev–Trinajstić information content (AvgIpc) is 2.60. The lowest BCUT2D eigenvalue weighted by Crippen LogP contribution is -2.24. The standard InChI is InChI=1S/C20H32O6/c1-4-6-8-10-14-25-19(23)16(3)17(12-13-18(21)22)20(24)26-15-11-9-7-5-2/h12-13,17H,3-11,14-15H2,1-2H3,(H,21,22). The number of esters is 2. The van der Waals surface area contributed by atoms with Gasteiger partial charge in [-0.3, -0.25) is 4.79 Å². The van der Waals surface area contributed by atoms with Gasteiger partial charge < -0.3 is 14.6 Å². The Morgan fingerprint density at radius 3 is 1.96 bits per heavy atom. The van der Waals surface area contributed by atoms with Gasteiger partial charge in [0.25, 0.3) is 0 Å². The Labute approximate surface area is 156 Å². The highest BCUT2D eigenvalue weighted by Crippen LogP contribution is 2.16. The summed E-state index contributed by atoms with van der Waals surface area (Å²) in [5.41, 5.74) is -0.114. The van der Waals surface area contributed by atoms with Gasteiger partial charge in [-0.05, 0) is 12.8 Å². The molecular weight excluding hydrogens is 336 g/mol. The Hall–Kier alpha value is -2.11. The maximum absolute atomic E-state index is 12.2. The molecule has 26 heavy (non-hydrogen) atoms. The van der Waals surface area contributed by atoms with Gasteiger partial charge in [0.2, 0.25) is 0 Å². The van der Waals surface area contributed by atoms with Gasteiger partial charge in [-0.25, -0.2) is 9.59 Å². The number of carboxylic acids is 1. The molecule has 1 unspecified atom stereocenters. The minimum Gasteiger partial charge on any atom is -0.478 e. The molecule has 6 nitrogen and oxygen atoms in total. The van der Waals surface area contributed by atoms with Gasteiger partial charge in [-0.1, -0.05) is 65.0 Å². The van der Waals surface area contributed by atoms with E-state index in [0.717, 1.165) is 63.5 Å². The van der Waals surface area contributed by atoms with E-state index in [-0.39, 0.29) is 18.8 Å². The Balaban J connectivity index is 4.63. The van der Waals surface area contributed by atoms with Crippen LogP contribution >= 0.6 is 0 Å². The maximum atomic E-state index is 12.2. The van der Waals surface area contributed by atoms with Crippen molar-refractivity contribution in [2.24, 2.45) is 5.92 Å². The molecule has 0 saturated heterocycles. The largest absolute Gasteiger partial charge is 0.478 e. The number of rotatable bonds is 15. The monoisotopic (exact) mass is 368 g/mol. The highest BCUT2D eigenvalue weighted by atomic mass is 16.5. The second kappa shape index (κ2) is 15.2. The van der Waals surface area contributed by atoms with E-state index in [1.165, 1.54) is 0 Å². The van der Waals surface area contributed by atoms with Crippen LogP contribution in [0.3, 0.4) is 0 Å². The van der Waals surface area contributed by atoms with Crippen molar-refractivity contribution in [3.8, 4) is 0 Å². The topological polar surface area (TPSA) is 89.9 Å². The third-order valence-corrected chi connectivity index (χ3v) is 3.80. The third-order valence-electron chi connectivity index (χ3n) is 3.80. The van der Waals surface area contributed by atoms with Crippen molar-refractivity contribution in [2.45, 2.75) is 65.2 Å². The summed E-state index contributed by atoms with van der Waals surface area (Å²) in [6, 6.07) is 0. The van der Waals surface area contributed by atoms with Gasteiger partial charge in [-0.2, -0.15) is 0 Å². The van der Waals surface area contributed by atoms with Crippen molar-refractivity contribution in [3.05, 3.63) is 24.3 Å². The fourth-order valence-corrected chi connectivity index (χ4v) is 2.22. The first kappa shape index (κ1) is 23.9. The van der Waals surface area contributed by atoms with Crippen molar-refractivity contribution in [2.75, 3.05) is 13.2 Å². The molecule has 0 aliphatic heterocycles. The number of unbranched alkanes of at least 4 members (excludes halogenated alkanes) is 6. The van der Waals surface area contributed by atoms with Crippen LogP contribution < -0.4 is 0 Å². The van der Waals surface area contributed by atoms with E-state index in [2.05, 4.69) is 20.4 Å². The SMILES string of the molecule is C=C(C(=O)OCCCCCC)C(C=CC(=O)O)C(=O)OCCCCCC. The molecule has 0 heterocycles. The molecule has 0 radical (unpaired) electrons. The van der Waals surface area contributed by atoms with E-state index in [1.54, 1.807) is 0 Å². The predicted octanol–water partition coefficient (Wildman–Crippen LogP) is 4.05. The van der Waals surface area contributed by atoms with Crippen molar-refractivity contribution in [1.82, 2.24) is 0 Å². The number of carbonyl (C=O) groups is 3. The number of carboxylic acid groups (broad SMARTS) is 1. The Morgan fingerprint density at radius 1 is 0.923 bits per heavy atom. The van der Waals surface area contributed by atoms with Crippen LogP contribution in [-0.2, 0) is 23.9 Å². The molecular formula is C20H32O6. The lowest BCUT2D eigenvalue weighted by Gasteiger charge is -2.14. The molecule has 0 aromatic rings. The zero-order valence-corrected chi connectivity index (χ0v) is 16.0. The zero-order chi connectivity index (χ0) is 19.8. The van der Waals surface area contributed by atoms with Gasteiger partial charge in [0.05, 0.1) is 13.2 Å². The summed E-state index contributed by atoms with van der Waals surface area (Å²) in [5.74, 6) is -3.76. The summed E-state index contributed by atoms with van der Waals surface area (Å²) in [5, 5.41) is 8.78. The molecule has 0 rings (SSSR count). The van der Waals surface area contributed by atoms with E-state index < -0.39 is 23.8 Å². The van der Waals surface area contributed by atoms with Gasteiger partial charge in [-0.15, -0.1) is 0 Å². The van der Waals surface area contributed by atoms with Crippen LogP contribution in [-0.4, -0.2) is 36.2 Å². The highest BCUT2D eigenvalue weighted by Gasteiger charge is 2.26. The van der Waals surface area contributed by atoms with Gasteiger partial charge >= 0.3 is 17.9 Å². The second-order valence-corrected chi connectivity index (χ2v) is 6.13. The summed E-state index contributed by atoms with van der Waals surface area (Å²) in [4.78, 5) is 35.0. The normalized spacial score (nSPS) is 11.9. The van der Waals surface area contributed by atoms with Crippen LogP contribution in [0.5, 0.6) is 0 Å². The summed E-state index contributed by atoms with van der Waals surface area (Å²) in [6.07, 6.45) is 9.54. The van der Waals surface area contributed by atoms with Crippen LogP contribution in [0, 0.1) is 5.92 Å². The molecule has 1 atom stereocenters. The van der Waals surface area contributed by atoms with E-state index in [1.807, 2.05) is 0 Å². The molecule has 6 heteroatoms. The first-order chi connectivity index (χ1) is 12.4. The first-order valence-corrected chi connectivity index (χ1v) is 9.37. The van der Waals surface area contributed by atoms with Crippen molar-refractivity contribution in [3.63, 3.8) is 0 Å². The molecule has 148 valence electrons. The summed E-state index contributed by atoms with van der Waals surface area (Å²) in [6.45, 7) is 8.25. The molecule has 0 aromatic heterocycles. The molecule has 0 aromatic carbocycles. The highest BCUT2D eigenvalue weighted by molar-refractivity contribution is 5.96. The summed E-state index contributed by atoms with van der Waals surface area (Å²) in [7, 11) is 0. The molecule has 0 fully saturated rings. The third kappa shape index (κ3) is 11.4. The second-order valence-electron chi connectivity index (χ2n) is 6.13. The van der Waals surface area contributed by atoms with E-state index >= 15 is 0 Å². The number of hydrogen-bond acceptors (Lipinski definition) is 5. The van der Waals surface area contributed by atoms with Crippen LogP contribution in [0.15, 0.2) is 24.3 Å². The van der Waals surface area contributed by atoms with Gasteiger partial charge in [0.15, 0.2) is 0 Å². The number of carbonyl (C=O) groups excluding carboxylic acids is 2. The molecule has 0 amide bonds. The molecule has 0 aliphatic carbocycles. The number of ether oxygens (including phenoxy) is 2. The summed E-state index contributed by atoms with van der Waals surface area (Å²) >= 11 is 0. The average molecular weight is 368 g/mol. The number of hydrogen-bond donors (Lipinski definition) is 1.